The third-order valence-corrected chi connectivity index (χ3v) is 4.82. The molecule has 2 amide bonds. The van der Waals surface area contributed by atoms with Crippen LogP contribution in [0.1, 0.15) is 38.7 Å². The molecule has 23 heavy (non-hydrogen) atoms. The first-order valence-corrected chi connectivity index (χ1v) is 8.39. The molecular weight excluding hydrogens is 292 g/mol. The third-order valence-electron chi connectivity index (χ3n) is 4.82. The smallest absolute Gasteiger partial charge is 0.226 e. The minimum Gasteiger partial charge on any atom is -0.491 e. The highest BCUT2D eigenvalue weighted by Crippen LogP contribution is 2.28. The van der Waals surface area contributed by atoms with Crippen molar-refractivity contribution >= 4 is 11.8 Å². The first kappa shape index (κ1) is 15.8. The van der Waals surface area contributed by atoms with E-state index in [1.165, 1.54) is 0 Å². The van der Waals surface area contributed by atoms with Crippen LogP contribution in [0.15, 0.2) is 24.3 Å². The van der Waals surface area contributed by atoms with Crippen LogP contribution >= 0.6 is 0 Å². The van der Waals surface area contributed by atoms with E-state index in [4.69, 9.17) is 4.74 Å². The van der Waals surface area contributed by atoms with E-state index in [2.05, 4.69) is 5.32 Å². The molecule has 5 heteroatoms. The van der Waals surface area contributed by atoms with Crippen molar-refractivity contribution in [2.45, 2.75) is 51.7 Å². The van der Waals surface area contributed by atoms with Gasteiger partial charge in [0.1, 0.15) is 12.4 Å². The van der Waals surface area contributed by atoms with E-state index >= 15 is 0 Å². The molecule has 5 nitrogen and oxygen atoms in total. The van der Waals surface area contributed by atoms with Gasteiger partial charge in [0.2, 0.25) is 11.8 Å². The third kappa shape index (κ3) is 3.33. The van der Waals surface area contributed by atoms with Crippen LogP contribution in [0.5, 0.6) is 5.75 Å². The van der Waals surface area contributed by atoms with Crippen molar-refractivity contribution in [3.8, 4) is 5.75 Å². The number of nitrogens with one attached hydrogen (secondary N) is 1. The van der Waals surface area contributed by atoms with Crippen LogP contribution in [-0.2, 0) is 16.1 Å². The van der Waals surface area contributed by atoms with Crippen LogP contribution in [0.3, 0.4) is 0 Å². The molecule has 2 heterocycles. The lowest BCUT2D eigenvalue weighted by atomic mass is 9.89. The molecule has 3 rings (SSSR count). The zero-order valence-electron chi connectivity index (χ0n) is 13.7. The van der Waals surface area contributed by atoms with Crippen LogP contribution in [0.2, 0.25) is 0 Å². The summed E-state index contributed by atoms with van der Waals surface area (Å²) in [6.07, 6.45) is 1.88. The first-order chi connectivity index (χ1) is 11.1. The lowest BCUT2D eigenvalue weighted by Gasteiger charge is -2.34. The minimum atomic E-state index is -0.221. The summed E-state index contributed by atoms with van der Waals surface area (Å²) >= 11 is 0. The van der Waals surface area contributed by atoms with Gasteiger partial charge in [-0.15, -0.1) is 0 Å². The molecule has 0 spiro atoms. The standard InChI is InChI=1S/C18H24N2O3/c1-3-15-8-14(9-17(21)19-15)18(22)20-10-13-6-4-5-7-16(13)23-11-12(20)2/h4-7,12,14-15H,3,8-11H2,1-2H3,(H,19,21). The molecule has 1 saturated heterocycles. The Morgan fingerprint density at radius 1 is 1.39 bits per heavy atom. The summed E-state index contributed by atoms with van der Waals surface area (Å²) in [5.74, 6) is 0.690. The van der Waals surface area contributed by atoms with E-state index in [0.29, 0.717) is 19.6 Å². The fourth-order valence-electron chi connectivity index (χ4n) is 3.40. The molecule has 124 valence electrons. The van der Waals surface area contributed by atoms with Gasteiger partial charge in [0.25, 0.3) is 0 Å². The molecule has 2 aliphatic heterocycles. The van der Waals surface area contributed by atoms with Gasteiger partial charge in [0.15, 0.2) is 0 Å². The van der Waals surface area contributed by atoms with Gasteiger partial charge < -0.3 is 15.0 Å². The van der Waals surface area contributed by atoms with E-state index in [-0.39, 0.29) is 29.8 Å². The van der Waals surface area contributed by atoms with Gasteiger partial charge in [0, 0.05) is 30.5 Å². The van der Waals surface area contributed by atoms with Crippen LogP contribution < -0.4 is 10.1 Å². The summed E-state index contributed by atoms with van der Waals surface area (Å²) in [4.78, 5) is 26.8. The van der Waals surface area contributed by atoms with Crippen molar-refractivity contribution in [3.63, 3.8) is 0 Å². The number of carbonyl (C=O) groups is 2. The Morgan fingerprint density at radius 2 is 2.17 bits per heavy atom. The molecule has 0 aromatic heterocycles. The van der Waals surface area contributed by atoms with Gasteiger partial charge in [-0.25, -0.2) is 0 Å². The van der Waals surface area contributed by atoms with E-state index < -0.39 is 0 Å². The van der Waals surface area contributed by atoms with Gasteiger partial charge in [-0.1, -0.05) is 25.1 Å². The van der Waals surface area contributed by atoms with Gasteiger partial charge >= 0.3 is 0 Å². The summed E-state index contributed by atoms with van der Waals surface area (Å²) in [5, 5.41) is 2.96. The lowest BCUT2D eigenvalue weighted by molar-refractivity contribution is -0.143. The van der Waals surface area contributed by atoms with E-state index in [0.717, 1.165) is 24.2 Å². The molecule has 0 radical (unpaired) electrons. The van der Waals surface area contributed by atoms with Crippen molar-refractivity contribution in [2.24, 2.45) is 5.92 Å². The van der Waals surface area contributed by atoms with Crippen LogP contribution in [-0.4, -0.2) is 35.4 Å². The largest absolute Gasteiger partial charge is 0.491 e. The number of hydrogen-bond donors (Lipinski definition) is 1. The average Bonchev–Trinajstić information content (AvgIpc) is 2.73. The van der Waals surface area contributed by atoms with Crippen molar-refractivity contribution in [1.29, 1.82) is 0 Å². The maximum Gasteiger partial charge on any atom is 0.226 e. The molecule has 3 atom stereocenters. The summed E-state index contributed by atoms with van der Waals surface area (Å²) in [5.41, 5.74) is 1.03. The minimum absolute atomic E-state index is 0.0000331. The Bertz CT molecular complexity index is 602. The maximum atomic E-state index is 13.0. The Balaban J connectivity index is 1.79. The quantitative estimate of drug-likeness (QED) is 0.909. The molecule has 3 unspecified atom stereocenters. The number of amides is 2. The second-order valence-corrected chi connectivity index (χ2v) is 6.54. The molecule has 0 saturated carbocycles. The number of rotatable bonds is 2. The van der Waals surface area contributed by atoms with Crippen LogP contribution in [0, 0.1) is 5.92 Å². The predicted octanol–water partition coefficient (Wildman–Crippen LogP) is 2.10. The number of para-hydroxylation sites is 1. The van der Waals surface area contributed by atoms with Crippen molar-refractivity contribution in [3.05, 3.63) is 29.8 Å². The van der Waals surface area contributed by atoms with Crippen LogP contribution in [0.25, 0.3) is 0 Å². The van der Waals surface area contributed by atoms with Crippen molar-refractivity contribution in [1.82, 2.24) is 10.2 Å². The van der Waals surface area contributed by atoms with Gasteiger partial charge in [-0.3, -0.25) is 9.59 Å². The summed E-state index contributed by atoms with van der Waals surface area (Å²) in [7, 11) is 0. The topological polar surface area (TPSA) is 58.6 Å². The molecule has 1 fully saturated rings. The molecule has 1 aromatic carbocycles. The molecular formula is C18H24N2O3. The highest BCUT2D eigenvalue weighted by molar-refractivity contribution is 5.87. The van der Waals surface area contributed by atoms with E-state index in [9.17, 15) is 9.59 Å². The van der Waals surface area contributed by atoms with E-state index in [1.807, 2.05) is 43.0 Å². The molecule has 2 aliphatic rings. The lowest BCUT2D eigenvalue weighted by Crippen LogP contribution is -2.49. The van der Waals surface area contributed by atoms with Gasteiger partial charge in [0.05, 0.1) is 6.04 Å². The average molecular weight is 316 g/mol. The summed E-state index contributed by atoms with van der Waals surface area (Å²) < 4.78 is 5.82. The number of piperidine rings is 1. The maximum absolute atomic E-state index is 13.0. The van der Waals surface area contributed by atoms with Crippen molar-refractivity contribution in [2.75, 3.05) is 6.61 Å². The zero-order chi connectivity index (χ0) is 16.4. The Labute approximate surface area is 137 Å². The van der Waals surface area contributed by atoms with Crippen LogP contribution in [0.4, 0.5) is 0 Å². The highest BCUT2D eigenvalue weighted by Gasteiger charge is 2.35. The Morgan fingerprint density at radius 3 is 2.96 bits per heavy atom. The first-order valence-electron chi connectivity index (χ1n) is 8.39. The molecule has 1 aromatic rings. The second kappa shape index (κ2) is 6.60. The molecule has 0 bridgehead atoms. The Hall–Kier alpha value is -2.04. The number of carbonyl (C=O) groups excluding carboxylic acids is 2. The number of ether oxygens (including phenoxy) is 1. The SMILES string of the molecule is CCC1CC(C(=O)N2Cc3ccccc3OCC2C)CC(=O)N1. The zero-order valence-corrected chi connectivity index (χ0v) is 13.7. The fraction of sp³-hybridized carbons (Fsp3) is 0.556. The van der Waals surface area contributed by atoms with Gasteiger partial charge in [-0.2, -0.15) is 0 Å². The van der Waals surface area contributed by atoms with Gasteiger partial charge in [-0.05, 0) is 25.8 Å². The molecule has 0 aliphatic carbocycles. The van der Waals surface area contributed by atoms with Crippen molar-refractivity contribution < 1.29 is 14.3 Å². The number of benzene rings is 1. The molecule has 1 N–H and O–H groups in total. The highest BCUT2D eigenvalue weighted by atomic mass is 16.5. The number of nitrogens with zero attached hydrogens (tertiary/aromatic N) is 1. The summed E-state index contributed by atoms with van der Waals surface area (Å²) in [6, 6.07) is 7.95. The van der Waals surface area contributed by atoms with E-state index in [1.54, 1.807) is 0 Å². The number of hydrogen-bond acceptors (Lipinski definition) is 3. The Kier molecular flexibility index (Phi) is 4.55. The second-order valence-electron chi connectivity index (χ2n) is 6.54. The normalized spacial score (nSPS) is 27.5. The monoisotopic (exact) mass is 316 g/mol. The number of fused-ring (bicyclic) bond motifs is 1. The predicted molar refractivity (Wildman–Crippen MR) is 86.9 cm³/mol. The fourth-order valence-corrected chi connectivity index (χ4v) is 3.40. The summed E-state index contributed by atoms with van der Waals surface area (Å²) in [6.45, 7) is 5.07.